The van der Waals surface area contributed by atoms with E-state index in [1.807, 2.05) is 0 Å². The molecule has 0 nitrogen and oxygen atoms in total. The van der Waals surface area contributed by atoms with Crippen molar-refractivity contribution in [3.05, 3.63) is 127 Å². The number of allylic oxidation sites excluding steroid dienone is 2. The van der Waals surface area contributed by atoms with Crippen molar-refractivity contribution in [1.29, 1.82) is 0 Å². The number of benzene rings is 4. The Morgan fingerprint density at radius 1 is 0.556 bits per heavy atom. The molecule has 0 bridgehead atoms. The molecule has 0 radical (unpaired) electrons. The van der Waals surface area contributed by atoms with E-state index < -0.39 is 21.5 Å². The second-order valence-corrected chi connectivity index (χ2v) is 61.9. The van der Waals surface area contributed by atoms with Gasteiger partial charge in [-0.25, -0.2) is 0 Å². The Labute approximate surface area is 337 Å². The number of fused-ring (bicyclic) bond motifs is 2. The van der Waals surface area contributed by atoms with Crippen LogP contribution in [0.3, 0.4) is 0 Å². The fourth-order valence-electron chi connectivity index (χ4n) is 10.3. The van der Waals surface area contributed by atoms with Gasteiger partial charge in [0.1, 0.15) is 0 Å². The molecule has 287 valence electrons. The molecule has 0 aromatic heterocycles. The number of rotatable bonds is 9. The van der Waals surface area contributed by atoms with E-state index in [9.17, 15) is 0 Å². The molecule has 4 aromatic carbocycles. The van der Waals surface area contributed by atoms with Crippen molar-refractivity contribution in [2.45, 2.75) is 140 Å². The van der Waals surface area contributed by atoms with Crippen molar-refractivity contribution in [2.24, 2.45) is 0 Å². The van der Waals surface area contributed by atoms with Gasteiger partial charge in [0, 0.05) is 0 Å². The molecule has 0 spiro atoms. The normalized spacial score (nSPS) is 18.0. The van der Waals surface area contributed by atoms with Gasteiger partial charge in [-0.3, -0.25) is 0 Å². The van der Waals surface area contributed by atoms with Gasteiger partial charge in [0.25, 0.3) is 0 Å². The Bertz CT molecular complexity index is 2000. The third kappa shape index (κ3) is 7.12. The maximum atomic E-state index is 8.97. The first kappa shape index (κ1) is 41.7. The predicted molar refractivity (Wildman–Crippen MR) is 242 cm³/mol. The van der Waals surface area contributed by atoms with Crippen molar-refractivity contribution < 1.29 is 15.6 Å². The van der Waals surface area contributed by atoms with Gasteiger partial charge in [0.2, 0.25) is 0 Å². The van der Waals surface area contributed by atoms with E-state index in [1.54, 1.807) is 0 Å². The molecule has 0 heterocycles. The zero-order chi connectivity index (χ0) is 39.7. The first-order valence-corrected chi connectivity index (χ1v) is 36.9. The summed E-state index contributed by atoms with van der Waals surface area (Å²) in [5.74, 6) is -1.71. The number of hydrogen-bond acceptors (Lipinski definition) is 0. The van der Waals surface area contributed by atoms with E-state index in [1.165, 1.54) is 89.0 Å². The van der Waals surface area contributed by atoms with Crippen LogP contribution in [0.4, 0.5) is 0 Å². The van der Waals surface area contributed by atoms with Crippen LogP contribution in [0.15, 0.2) is 71.8 Å². The van der Waals surface area contributed by atoms with Gasteiger partial charge < -0.3 is 0 Å². The zero-order valence-corrected chi connectivity index (χ0v) is 40.9. The third-order valence-electron chi connectivity index (χ3n) is 12.5. The molecule has 2 atom stereocenters. The molecule has 2 aliphatic carbocycles. The van der Waals surface area contributed by atoms with Crippen LogP contribution in [0.5, 0.6) is 0 Å². The zero-order valence-electron chi connectivity index (χ0n) is 35.7. The Kier molecular flexibility index (Phi) is 11.4. The van der Waals surface area contributed by atoms with Gasteiger partial charge in [0.05, 0.1) is 0 Å². The fraction of sp³-hybridized carbons (Fsp3) is 0.440. The van der Waals surface area contributed by atoms with E-state index in [0.717, 1.165) is 25.7 Å². The number of halogens is 2. The summed E-state index contributed by atoms with van der Waals surface area (Å²) >= 11 is -4.99. The minimum absolute atomic E-state index is 0.0254. The summed E-state index contributed by atoms with van der Waals surface area (Å²) < 4.78 is 0.163. The van der Waals surface area contributed by atoms with E-state index >= 15 is 0 Å². The van der Waals surface area contributed by atoms with Crippen LogP contribution < -0.4 is 0 Å². The van der Waals surface area contributed by atoms with Crippen LogP contribution in [-0.2, 0) is 26.4 Å². The summed E-state index contributed by atoms with van der Waals surface area (Å²) in [5, 5.41) is 0. The minimum atomic E-state index is -4.99. The summed E-state index contributed by atoms with van der Waals surface area (Å²) in [6, 6.07) is 23.9. The Balaban J connectivity index is 1.70. The van der Waals surface area contributed by atoms with Gasteiger partial charge in [0.15, 0.2) is 0 Å². The summed E-state index contributed by atoms with van der Waals surface area (Å²) in [7, 11) is 17.9. The average molecular weight is 856 g/mol. The molecule has 0 N–H and O–H groups in total. The third-order valence-corrected chi connectivity index (χ3v) is 64.4. The van der Waals surface area contributed by atoms with Gasteiger partial charge in [-0.15, -0.1) is 0 Å². The van der Waals surface area contributed by atoms with Crippen LogP contribution in [0, 0.1) is 27.7 Å². The molecule has 2 unspecified atom stereocenters. The fourth-order valence-corrected chi connectivity index (χ4v) is 41.8. The molecular weight excluding hydrogens is 791 g/mol. The SMILES string of the molecule is CCCC1=Cc2c(ccc(C(C)(C)C)c2-c2cc(C)cc(C)c2)[CH]1[Zr]([Cl])([Cl])([CH]1C(CCC)=Cc2c1ccc(C(C)(C)C)c2-c1cc(C)cc(C)c1)[SiH](C)C. The van der Waals surface area contributed by atoms with Crippen LogP contribution in [0.2, 0.25) is 13.1 Å². The molecule has 0 aliphatic heterocycles. The van der Waals surface area contributed by atoms with E-state index in [2.05, 4.69) is 169 Å². The molecule has 4 heteroatoms. The van der Waals surface area contributed by atoms with Gasteiger partial charge >= 0.3 is 340 Å². The standard InChI is InChI=1S/2C24H29.C2H7Si.2ClH.Zr/c2*1-7-8-18-14-19-9-10-22(24(4,5)6)23(21(19)15-18)20-12-16(2)11-17(3)13-20;1-3-2;;;/h2*9-15H,7-8H2,1-6H3;3H,1-2H3;2*1H;/q;;;;;+2/p-2. The van der Waals surface area contributed by atoms with E-state index in [-0.39, 0.29) is 18.1 Å². The van der Waals surface area contributed by atoms with Gasteiger partial charge in [-0.2, -0.15) is 0 Å². The van der Waals surface area contributed by atoms with Gasteiger partial charge in [-0.05, 0) is 0 Å². The quantitative estimate of drug-likeness (QED) is 0.147. The molecular formula is C50H65Cl2SiZr. The van der Waals surface area contributed by atoms with Crippen LogP contribution in [0.25, 0.3) is 34.4 Å². The molecule has 54 heavy (non-hydrogen) atoms. The summed E-state index contributed by atoms with van der Waals surface area (Å²) in [5.41, 5.74) is 21.8. The Morgan fingerprint density at radius 3 is 1.17 bits per heavy atom. The van der Waals surface area contributed by atoms with Crippen molar-refractivity contribution in [3.8, 4) is 22.3 Å². The van der Waals surface area contributed by atoms with Gasteiger partial charge in [-0.1, -0.05) is 0 Å². The molecule has 4 aromatic rings. The number of aryl methyl sites for hydroxylation is 4. The van der Waals surface area contributed by atoms with Crippen molar-refractivity contribution in [2.75, 3.05) is 0 Å². The van der Waals surface area contributed by atoms with Crippen LogP contribution in [0.1, 0.15) is 144 Å². The first-order chi connectivity index (χ1) is 25.1. The Morgan fingerprint density at radius 2 is 0.889 bits per heavy atom. The molecule has 0 saturated carbocycles. The second-order valence-electron chi connectivity index (χ2n) is 19.4. The van der Waals surface area contributed by atoms with Crippen molar-refractivity contribution in [3.63, 3.8) is 0 Å². The summed E-state index contributed by atoms with van der Waals surface area (Å²) in [6.07, 6.45) is 9.33. The topological polar surface area (TPSA) is 0 Å². The molecule has 0 saturated heterocycles. The second kappa shape index (κ2) is 14.8. The van der Waals surface area contributed by atoms with Crippen LogP contribution >= 0.6 is 17.0 Å². The monoisotopic (exact) mass is 853 g/mol. The van der Waals surface area contributed by atoms with E-state index in [4.69, 9.17) is 17.0 Å². The molecule has 6 rings (SSSR count). The number of hydrogen-bond donors (Lipinski definition) is 0. The van der Waals surface area contributed by atoms with Crippen molar-refractivity contribution in [1.82, 2.24) is 0 Å². The van der Waals surface area contributed by atoms with Crippen molar-refractivity contribution >= 4 is 35.1 Å². The maximum absolute atomic E-state index is 8.97. The molecule has 0 amide bonds. The molecule has 0 fully saturated rings. The summed E-state index contributed by atoms with van der Waals surface area (Å²) in [4.78, 5) is 0. The Hall–Kier alpha value is -1.96. The molecule has 2 aliphatic rings. The summed E-state index contributed by atoms with van der Waals surface area (Å²) in [6.45, 7) is 32.7. The average Bonchev–Trinajstić information content (AvgIpc) is 3.61. The van der Waals surface area contributed by atoms with Crippen LogP contribution in [-0.4, -0.2) is 5.92 Å². The predicted octanol–water partition coefficient (Wildman–Crippen LogP) is 16.0. The first-order valence-electron chi connectivity index (χ1n) is 20.6. The van der Waals surface area contributed by atoms with E-state index in [0.29, 0.717) is 0 Å².